The number of esters is 1. The molecular weight excluding hydrogens is 380 g/mol. The first kappa shape index (κ1) is 23.5. The van der Waals surface area contributed by atoms with Gasteiger partial charge in [-0.2, -0.15) is 0 Å². The lowest BCUT2D eigenvalue weighted by Gasteiger charge is -2.48. The molecule has 5 nitrogen and oxygen atoms in total. The Balaban J connectivity index is 1.73. The van der Waals surface area contributed by atoms with E-state index in [0.29, 0.717) is 24.9 Å². The summed E-state index contributed by atoms with van der Waals surface area (Å²) in [5.41, 5.74) is -0.0458. The zero-order chi connectivity index (χ0) is 22.3. The molecule has 0 amide bonds. The monoisotopic (exact) mass is 420 g/mol. The van der Waals surface area contributed by atoms with Crippen LogP contribution in [0.5, 0.6) is 0 Å². The van der Waals surface area contributed by atoms with Crippen LogP contribution in [0.15, 0.2) is 12.2 Å². The highest BCUT2D eigenvalue weighted by Gasteiger charge is 2.53. The van der Waals surface area contributed by atoms with E-state index >= 15 is 0 Å². The topological polar surface area (TPSA) is 61.8 Å². The van der Waals surface area contributed by atoms with Crippen molar-refractivity contribution in [3.63, 3.8) is 0 Å². The molecule has 0 bridgehead atoms. The molecule has 0 spiro atoms. The zero-order valence-corrected chi connectivity index (χ0v) is 19.8. The minimum atomic E-state index is -0.670. The van der Waals surface area contributed by atoms with Crippen molar-refractivity contribution in [3.05, 3.63) is 12.2 Å². The molecule has 3 aliphatic rings. The fraction of sp³-hybridized carbons (Fsp3) is 0.840. The highest BCUT2D eigenvalue weighted by molar-refractivity contribution is 6.05. The van der Waals surface area contributed by atoms with Crippen LogP contribution in [0.3, 0.4) is 0 Å². The highest BCUT2D eigenvalue weighted by atomic mass is 16.7. The fourth-order valence-electron chi connectivity index (χ4n) is 6.03. The van der Waals surface area contributed by atoms with E-state index in [4.69, 9.17) is 14.2 Å². The van der Waals surface area contributed by atoms with Gasteiger partial charge in [0.25, 0.3) is 0 Å². The Morgan fingerprint density at radius 1 is 1.13 bits per heavy atom. The predicted octanol–water partition coefficient (Wildman–Crippen LogP) is 5.07. The smallest absolute Gasteiger partial charge is 0.316 e. The summed E-state index contributed by atoms with van der Waals surface area (Å²) in [6, 6.07) is 0. The number of ether oxygens (including phenoxy) is 3. The molecule has 0 aromatic carbocycles. The van der Waals surface area contributed by atoms with Gasteiger partial charge in [0.1, 0.15) is 5.92 Å². The lowest BCUT2D eigenvalue weighted by molar-refractivity contribution is -0.152. The first-order valence-electron chi connectivity index (χ1n) is 11.6. The van der Waals surface area contributed by atoms with Crippen molar-refractivity contribution in [1.82, 2.24) is 0 Å². The number of carbonyl (C=O) groups is 2. The van der Waals surface area contributed by atoms with Crippen molar-refractivity contribution < 1.29 is 23.8 Å². The molecule has 2 aliphatic carbocycles. The van der Waals surface area contributed by atoms with Crippen LogP contribution >= 0.6 is 0 Å². The Morgan fingerprint density at radius 3 is 2.43 bits per heavy atom. The number of carbonyl (C=O) groups excluding carboxylic acids is 2. The van der Waals surface area contributed by atoms with Gasteiger partial charge in [-0.3, -0.25) is 9.59 Å². The lowest BCUT2D eigenvalue weighted by atomic mass is 9.58. The summed E-state index contributed by atoms with van der Waals surface area (Å²) in [5.74, 6) is -0.577. The van der Waals surface area contributed by atoms with Crippen molar-refractivity contribution in [3.8, 4) is 0 Å². The molecule has 0 N–H and O–H groups in total. The molecule has 30 heavy (non-hydrogen) atoms. The average Bonchev–Trinajstić information content (AvgIpc) is 2.94. The number of fused-ring (bicyclic) bond motifs is 1. The van der Waals surface area contributed by atoms with Crippen LogP contribution in [0.2, 0.25) is 0 Å². The van der Waals surface area contributed by atoms with Gasteiger partial charge in [0, 0.05) is 0 Å². The van der Waals surface area contributed by atoms with Gasteiger partial charge in [-0.25, -0.2) is 0 Å². The molecule has 0 radical (unpaired) electrons. The second kappa shape index (κ2) is 8.38. The van der Waals surface area contributed by atoms with E-state index in [1.165, 1.54) is 0 Å². The van der Waals surface area contributed by atoms with Crippen molar-refractivity contribution in [2.45, 2.75) is 98.6 Å². The van der Waals surface area contributed by atoms with Gasteiger partial charge in [-0.1, -0.05) is 33.8 Å². The number of ketones is 1. The average molecular weight is 421 g/mol. The maximum absolute atomic E-state index is 12.3. The fourth-order valence-corrected chi connectivity index (χ4v) is 6.03. The summed E-state index contributed by atoms with van der Waals surface area (Å²) in [4.78, 5) is 24.6. The van der Waals surface area contributed by atoms with Crippen molar-refractivity contribution in [1.29, 1.82) is 0 Å². The third-order valence-corrected chi connectivity index (χ3v) is 7.64. The largest absolute Gasteiger partial charge is 0.465 e. The van der Waals surface area contributed by atoms with Gasteiger partial charge in [0.05, 0.1) is 18.8 Å². The molecule has 0 aromatic rings. The van der Waals surface area contributed by atoms with Gasteiger partial charge in [-0.05, 0) is 81.6 Å². The molecule has 3 unspecified atom stereocenters. The predicted molar refractivity (Wildman–Crippen MR) is 116 cm³/mol. The van der Waals surface area contributed by atoms with Crippen LogP contribution in [0.4, 0.5) is 0 Å². The Labute approximate surface area is 181 Å². The number of hydrogen-bond donors (Lipinski definition) is 0. The zero-order valence-electron chi connectivity index (χ0n) is 19.8. The summed E-state index contributed by atoms with van der Waals surface area (Å²) in [5, 5.41) is 0. The quantitative estimate of drug-likeness (QED) is 0.443. The molecule has 170 valence electrons. The lowest BCUT2D eigenvalue weighted by Crippen LogP contribution is -2.46. The molecule has 0 aromatic heterocycles. The number of allylic oxidation sites excluding steroid dienone is 2. The summed E-state index contributed by atoms with van der Waals surface area (Å²) in [7, 11) is 0. The first-order valence-corrected chi connectivity index (χ1v) is 11.6. The SMILES string of the molecule is CCOC(=O)C1C[C@](C)(CC[C@@]2(C)CC3OC(C)(C)OC3C[C@@H]2C(C)C)C=CC1=O. The molecule has 1 aliphatic heterocycles. The normalized spacial score (nSPS) is 40.5. The highest BCUT2D eigenvalue weighted by Crippen LogP contribution is 2.54. The van der Waals surface area contributed by atoms with Crippen LogP contribution in [-0.2, 0) is 23.8 Å². The minimum Gasteiger partial charge on any atom is -0.465 e. The van der Waals surface area contributed by atoms with Crippen molar-refractivity contribution >= 4 is 11.8 Å². The third kappa shape index (κ3) is 4.83. The van der Waals surface area contributed by atoms with Crippen LogP contribution in [0, 0.1) is 28.6 Å². The van der Waals surface area contributed by atoms with Gasteiger partial charge in [0.15, 0.2) is 11.6 Å². The van der Waals surface area contributed by atoms with E-state index < -0.39 is 11.7 Å². The Morgan fingerprint density at radius 2 is 1.80 bits per heavy atom. The van der Waals surface area contributed by atoms with Crippen molar-refractivity contribution in [2.24, 2.45) is 28.6 Å². The number of rotatable bonds is 6. The van der Waals surface area contributed by atoms with E-state index in [2.05, 4.69) is 27.7 Å². The molecule has 5 heteroatoms. The molecular formula is C25H40O5. The summed E-state index contributed by atoms with van der Waals surface area (Å²) >= 11 is 0. The van der Waals surface area contributed by atoms with Gasteiger partial charge in [-0.15, -0.1) is 0 Å². The molecule has 1 saturated heterocycles. The first-order chi connectivity index (χ1) is 13.9. The van der Waals surface area contributed by atoms with E-state index in [0.717, 1.165) is 25.7 Å². The Hall–Kier alpha value is -1.20. The van der Waals surface area contributed by atoms with Crippen LogP contribution in [0.25, 0.3) is 0 Å². The molecule has 6 atom stereocenters. The van der Waals surface area contributed by atoms with E-state index in [1.807, 2.05) is 19.9 Å². The molecule has 1 saturated carbocycles. The van der Waals surface area contributed by atoms with Crippen LogP contribution in [0.1, 0.15) is 80.6 Å². The standard InChI is InChI=1S/C25H40O5/c1-8-28-22(27)17-14-24(6,10-9-19(17)26)11-12-25(7)15-21-20(13-18(25)16(2)3)29-23(4,5)30-21/h9-10,16-18,20-21H,8,11-15H2,1-7H3/t17?,18-,20?,21?,24+,25+/m1/s1. The second-order valence-electron chi connectivity index (χ2n) is 11.1. The molecule has 3 rings (SSSR count). The van der Waals surface area contributed by atoms with Crippen LogP contribution < -0.4 is 0 Å². The summed E-state index contributed by atoms with van der Waals surface area (Å²) < 4.78 is 17.6. The molecule has 1 heterocycles. The number of hydrogen-bond acceptors (Lipinski definition) is 5. The Bertz CT molecular complexity index is 696. The van der Waals surface area contributed by atoms with Crippen molar-refractivity contribution in [2.75, 3.05) is 6.61 Å². The van der Waals surface area contributed by atoms with Gasteiger partial charge >= 0.3 is 5.97 Å². The van der Waals surface area contributed by atoms with E-state index in [9.17, 15) is 9.59 Å². The van der Waals surface area contributed by atoms with E-state index in [-0.39, 0.29) is 34.8 Å². The second-order valence-corrected chi connectivity index (χ2v) is 11.1. The van der Waals surface area contributed by atoms with Gasteiger partial charge < -0.3 is 14.2 Å². The maximum atomic E-state index is 12.3. The summed E-state index contributed by atoms with van der Waals surface area (Å²) in [6.07, 6.45) is 8.45. The maximum Gasteiger partial charge on any atom is 0.316 e. The third-order valence-electron chi connectivity index (χ3n) is 7.64. The van der Waals surface area contributed by atoms with Crippen LogP contribution in [-0.4, -0.2) is 36.4 Å². The van der Waals surface area contributed by atoms with Gasteiger partial charge in [0.2, 0.25) is 0 Å². The summed E-state index contributed by atoms with van der Waals surface area (Å²) in [6.45, 7) is 15.3. The van der Waals surface area contributed by atoms with E-state index in [1.54, 1.807) is 13.0 Å². The molecule has 2 fully saturated rings. The minimum absolute atomic E-state index is 0.128. The Kier molecular flexibility index (Phi) is 6.56.